The second-order valence-corrected chi connectivity index (χ2v) is 14.8. The summed E-state index contributed by atoms with van der Waals surface area (Å²) in [6.07, 6.45) is 18.0. The van der Waals surface area contributed by atoms with E-state index in [-0.39, 0.29) is 0 Å². The van der Waals surface area contributed by atoms with Crippen molar-refractivity contribution in [3.05, 3.63) is 191 Å². The van der Waals surface area contributed by atoms with Crippen LogP contribution in [0.25, 0.3) is 90.0 Å². The molecule has 55 heavy (non-hydrogen) atoms. The van der Waals surface area contributed by atoms with E-state index in [1.165, 1.54) is 44.0 Å². The second-order valence-electron chi connectivity index (χ2n) is 14.8. The molecule has 0 N–H and O–H groups in total. The van der Waals surface area contributed by atoms with Gasteiger partial charge in [0.2, 0.25) is 0 Å². The van der Waals surface area contributed by atoms with Crippen molar-refractivity contribution in [1.82, 2.24) is 9.97 Å². The summed E-state index contributed by atoms with van der Waals surface area (Å²) in [5, 5.41) is 4.91. The third-order valence-electron chi connectivity index (χ3n) is 11.6. The van der Waals surface area contributed by atoms with Crippen molar-refractivity contribution in [3.8, 4) is 33.6 Å². The molecule has 0 atom stereocenters. The molecule has 0 unspecified atom stereocenters. The Labute approximate surface area is 322 Å². The minimum atomic E-state index is 0.965. The first-order valence-electron chi connectivity index (χ1n) is 19.4. The predicted octanol–water partition coefficient (Wildman–Crippen LogP) is 13.9. The van der Waals surface area contributed by atoms with E-state index in [1.54, 1.807) is 0 Å². The number of rotatable bonds is 6. The third-order valence-corrected chi connectivity index (χ3v) is 11.6. The van der Waals surface area contributed by atoms with E-state index in [1.807, 2.05) is 6.07 Å². The summed E-state index contributed by atoms with van der Waals surface area (Å²) in [6.45, 7) is 6.59. The first-order chi connectivity index (χ1) is 27.1. The number of pyridine rings is 2. The number of nitrogens with zero attached hydrogens (tertiary/aromatic N) is 2. The molecule has 0 amide bonds. The van der Waals surface area contributed by atoms with Crippen LogP contribution in [-0.2, 0) is 12.8 Å². The van der Waals surface area contributed by atoms with Crippen molar-refractivity contribution in [2.24, 2.45) is 0 Å². The van der Waals surface area contributed by atoms with Crippen LogP contribution < -0.4 is 0 Å². The van der Waals surface area contributed by atoms with Gasteiger partial charge in [-0.25, -0.2) is 9.97 Å². The highest BCUT2D eigenvalue weighted by molar-refractivity contribution is 6.16. The number of benzene rings is 6. The van der Waals surface area contributed by atoms with Gasteiger partial charge in [-0.2, -0.15) is 0 Å². The molecule has 2 heterocycles. The van der Waals surface area contributed by atoms with E-state index >= 15 is 0 Å². The maximum absolute atomic E-state index is 5.55. The molecule has 0 radical (unpaired) electrons. The smallest absolute Gasteiger partial charge is 0.0797 e. The van der Waals surface area contributed by atoms with Crippen LogP contribution in [0, 0.1) is 6.92 Å². The van der Waals surface area contributed by atoms with Crippen LogP contribution in [0.2, 0.25) is 0 Å². The van der Waals surface area contributed by atoms with Crippen LogP contribution in [0.5, 0.6) is 0 Å². The molecule has 2 aliphatic carbocycles. The summed E-state index contributed by atoms with van der Waals surface area (Å²) < 4.78 is 0. The van der Waals surface area contributed by atoms with Gasteiger partial charge in [-0.3, -0.25) is 0 Å². The largest absolute Gasteiger partial charge is 0.247 e. The van der Waals surface area contributed by atoms with Gasteiger partial charge in [0.05, 0.1) is 22.4 Å². The lowest BCUT2D eigenvalue weighted by atomic mass is 9.81. The van der Waals surface area contributed by atoms with E-state index in [9.17, 15) is 0 Å². The summed E-state index contributed by atoms with van der Waals surface area (Å²) in [7, 11) is 0. The highest BCUT2D eigenvalue weighted by Gasteiger charge is 2.23. The normalized spacial score (nSPS) is 13.5. The van der Waals surface area contributed by atoms with Gasteiger partial charge in [0.1, 0.15) is 0 Å². The summed E-state index contributed by atoms with van der Waals surface area (Å²) in [5.41, 5.74) is 18.8. The highest BCUT2D eigenvalue weighted by Crippen LogP contribution is 2.43. The van der Waals surface area contributed by atoms with Crippen molar-refractivity contribution >= 4 is 56.4 Å². The Balaban J connectivity index is 0.964. The summed E-state index contributed by atoms with van der Waals surface area (Å²) in [5.74, 6) is 0. The Morgan fingerprint density at radius 2 is 1.29 bits per heavy atom. The van der Waals surface area contributed by atoms with Gasteiger partial charge >= 0.3 is 0 Å². The Kier molecular flexibility index (Phi) is 8.18. The zero-order chi connectivity index (χ0) is 36.9. The molecule has 0 spiro atoms. The van der Waals surface area contributed by atoms with Gasteiger partial charge in [-0.05, 0) is 100 Å². The van der Waals surface area contributed by atoms with Crippen molar-refractivity contribution in [3.63, 3.8) is 0 Å². The number of hydrogen-bond acceptors (Lipinski definition) is 2. The highest BCUT2D eigenvalue weighted by atomic mass is 14.7. The van der Waals surface area contributed by atoms with Crippen LogP contribution >= 0.6 is 0 Å². The number of hydrogen-bond donors (Lipinski definition) is 0. The third kappa shape index (κ3) is 5.82. The lowest BCUT2D eigenvalue weighted by Crippen LogP contribution is -2.08. The molecule has 2 heteroatoms. The van der Waals surface area contributed by atoms with Gasteiger partial charge in [0.15, 0.2) is 0 Å². The lowest BCUT2D eigenvalue weighted by molar-refractivity contribution is 0.910. The zero-order valence-electron chi connectivity index (χ0n) is 31.0. The minimum absolute atomic E-state index is 0.965. The van der Waals surface area contributed by atoms with Gasteiger partial charge in [0.25, 0.3) is 0 Å². The van der Waals surface area contributed by atoms with Crippen LogP contribution in [0.4, 0.5) is 0 Å². The zero-order valence-corrected chi connectivity index (χ0v) is 31.0. The first-order valence-corrected chi connectivity index (χ1v) is 19.4. The molecule has 262 valence electrons. The van der Waals surface area contributed by atoms with Crippen molar-refractivity contribution in [1.29, 1.82) is 0 Å². The molecular weight excluding hydrogens is 665 g/mol. The summed E-state index contributed by atoms with van der Waals surface area (Å²) in [4.78, 5) is 10.6. The lowest BCUT2D eigenvalue weighted by Gasteiger charge is -2.24. The fourth-order valence-electron chi connectivity index (χ4n) is 8.67. The maximum Gasteiger partial charge on any atom is 0.0797 e. The predicted molar refractivity (Wildman–Crippen MR) is 235 cm³/mol. The molecule has 6 aromatic carbocycles. The van der Waals surface area contributed by atoms with Crippen molar-refractivity contribution < 1.29 is 0 Å². The summed E-state index contributed by atoms with van der Waals surface area (Å²) in [6, 6.07) is 45.4. The fraction of sp³-hybridized carbons (Fsp3) is 0.0943. The van der Waals surface area contributed by atoms with E-state index in [0.29, 0.717) is 0 Å². The molecular formula is C53H40N2. The minimum Gasteiger partial charge on any atom is -0.247 e. The van der Waals surface area contributed by atoms with Crippen molar-refractivity contribution in [2.75, 3.05) is 0 Å². The van der Waals surface area contributed by atoms with Crippen LogP contribution in [0.15, 0.2) is 152 Å². The molecule has 0 aliphatic heterocycles. The monoisotopic (exact) mass is 704 g/mol. The molecule has 2 aliphatic rings. The van der Waals surface area contributed by atoms with E-state index in [4.69, 9.17) is 9.97 Å². The van der Waals surface area contributed by atoms with Crippen molar-refractivity contribution in [2.45, 2.75) is 32.6 Å². The molecule has 2 aromatic heterocycles. The molecule has 2 nitrogen and oxygen atoms in total. The Hall–Kier alpha value is -6.64. The average Bonchev–Trinajstić information content (AvgIpc) is 3.26. The Morgan fingerprint density at radius 1 is 0.600 bits per heavy atom. The molecule has 10 rings (SSSR count). The topological polar surface area (TPSA) is 25.8 Å². The molecule has 0 saturated heterocycles. The second kappa shape index (κ2) is 13.6. The molecule has 0 saturated carbocycles. The van der Waals surface area contributed by atoms with Gasteiger partial charge in [0, 0.05) is 32.8 Å². The summed E-state index contributed by atoms with van der Waals surface area (Å²) >= 11 is 0. The first kappa shape index (κ1) is 33.0. The SMILES string of the molecule is C=C(/C=C\c1ccc2ccc(-c3ccccc3)nc2c1C)c1ccc(-c2cccc(-c3nc4c5c(c6c(c4c4ccccc34)C=CCC6)CCC=C5)c2)cc1. The number of allylic oxidation sites excluding steroid dienone is 4. The van der Waals surface area contributed by atoms with Gasteiger partial charge in [-0.15, -0.1) is 0 Å². The van der Waals surface area contributed by atoms with Crippen LogP contribution in [-0.4, -0.2) is 9.97 Å². The van der Waals surface area contributed by atoms with E-state index in [2.05, 4.69) is 171 Å². The van der Waals surface area contributed by atoms with E-state index < -0.39 is 0 Å². The molecule has 0 fully saturated rings. The Bertz CT molecular complexity index is 2920. The van der Waals surface area contributed by atoms with Gasteiger partial charge < -0.3 is 0 Å². The number of aryl methyl sites for hydroxylation is 1. The van der Waals surface area contributed by atoms with E-state index in [0.717, 1.165) is 92.4 Å². The molecule has 8 aromatic rings. The van der Waals surface area contributed by atoms with Gasteiger partial charge in [-0.1, -0.05) is 158 Å². The fourth-order valence-corrected chi connectivity index (χ4v) is 8.67. The Morgan fingerprint density at radius 3 is 2.11 bits per heavy atom. The number of fused-ring (bicyclic) bond motifs is 9. The number of aromatic nitrogens is 2. The quantitative estimate of drug-likeness (QED) is 0.127. The standard InChI is InChI=1S/C53H40N2/c1-34(23-24-37-27-30-40-31-32-49(54-51(40)35(37)2)39-13-4-3-5-14-39)36-25-28-38(29-26-36)41-15-12-16-42(33-41)52-48-22-11-9-20-46(48)50-45-19-8-6-17-43(45)44-18-7-10-21-47(44)53(50)55-52/h3-5,8-16,19-33H,1,6-7,17-18H2,2H3/b24-23-. The van der Waals surface area contributed by atoms with Crippen LogP contribution in [0.3, 0.4) is 0 Å². The maximum atomic E-state index is 5.55. The average molecular weight is 705 g/mol. The van der Waals surface area contributed by atoms with Crippen LogP contribution in [0.1, 0.15) is 51.8 Å². The molecule has 0 bridgehead atoms.